The summed E-state index contributed by atoms with van der Waals surface area (Å²) in [7, 11) is -3.65. The highest BCUT2D eigenvalue weighted by Crippen LogP contribution is 2.27. The Morgan fingerprint density at radius 1 is 1.33 bits per heavy atom. The lowest BCUT2D eigenvalue weighted by Gasteiger charge is -2.34. The topological polar surface area (TPSA) is 63.4 Å². The molecule has 2 rings (SSSR count). The van der Waals surface area contributed by atoms with Crippen LogP contribution in [-0.4, -0.2) is 30.8 Å². The third-order valence-corrected chi connectivity index (χ3v) is 5.72. The molecule has 0 aromatic heterocycles. The van der Waals surface area contributed by atoms with Crippen LogP contribution in [0.2, 0.25) is 0 Å². The first-order valence-corrected chi connectivity index (χ1v) is 8.66. The summed E-state index contributed by atoms with van der Waals surface area (Å²) in [5, 5.41) is 0. The van der Waals surface area contributed by atoms with E-state index in [4.69, 9.17) is 18.0 Å². The third-order valence-electron chi connectivity index (χ3n) is 3.68. The highest BCUT2D eigenvalue weighted by molar-refractivity contribution is 7.89. The summed E-state index contributed by atoms with van der Waals surface area (Å²) in [4.78, 5) is -0.113. The zero-order valence-electron chi connectivity index (χ0n) is 12.0. The predicted octanol–water partition coefficient (Wildman–Crippen LogP) is 2.13. The molecule has 0 aliphatic carbocycles. The average Bonchev–Trinajstić information content (AvgIpc) is 2.37. The molecule has 116 valence electrons. The Kier molecular flexibility index (Phi) is 4.65. The Balaban J connectivity index is 2.40. The fourth-order valence-electron chi connectivity index (χ4n) is 2.80. The largest absolute Gasteiger partial charge is 0.389 e. The second-order valence-electron chi connectivity index (χ2n) is 5.77. The number of nitrogens with two attached hydrogens (primary N) is 1. The second-order valence-corrected chi connectivity index (χ2v) is 8.15. The van der Waals surface area contributed by atoms with Gasteiger partial charge in [0.1, 0.15) is 10.8 Å². The lowest BCUT2D eigenvalue weighted by Crippen LogP contribution is -2.42. The van der Waals surface area contributed by atoms with Crippen LogP contribution in [0.15, 0.2) is 23.1 Å². The van der Waals surface area contributed by atoms with Gasteiger partial charge in [0.15, 0.2) is 0 Å². The summed E-state index contributed by atoms with van der Waals surface area (Å²) in [6, 6.07) is 3.57. The lowest BCUT2D eigenvalue weighted by molar-refractivity contribution is 0.222. The Hall–Kier alpha value is -1.05. The molecule has 21 heavy (non-hydrogen) atoms. The summed E-state index contributed by atoms with van der Waals surface area (Å²) < 4.78 is 40.4. The van der Waals surface area contributed by atoms with E-state index >= 15 is 0 Å². The Morgan fingerprint density at radius 2 is 1.90 bits per heavy atom. The van der Waals surface area contributed by atoms with Gasteiger partial charge in [0, 0.05) is 18.7 Å². The van der Waals surface area contributed by atoms with Crippen LogP contribution in [0.4, 0.5) is 4.39 Å². The molecule has 0 radical (unpaired) electrons. The summed E-state index contributed by atoms with van der Waals surface area (Å²) >= 11 is 4.76. The number of halogens is 1. The molecule has 2 atom stereocenters. The van der Waals surface area contributed by atoms with E-state index in [1.165, 1.54) is 16.4 Å². The number of hydrogen-bond donors (Lipinski definition) is 1. The third kappa shape index (κ3) is 3.41. The molecule has 1 aliphatic heterocycles. The molecule has 2 unspecified atom stereocenters. The van der Waals surface area contributed by atoms with Crippen molar-refractivity contribution in [2.24, 2.45) is 17.6 Å². The molecule has 1 aromatic rings. The van der Waals surface area contributed by atoms with E-state index in [-0.39, 0.29) is 15.4 Å². The first kappa shape index (κ1) is 16.3. The molecule has 0 spiro atoms. The minimum absolute atomic E-state index is 0.0352. The summed E-state index contributed by atoms with van der Waals surface area (Å²) in [5.74, 6) is -0.000104. The molecule has 0 bridgehead atoms. The Morgan fingerprint density at radius 3 is 2.43 bits per heavy atom. The van der Waals surface area contributed by atoms with Crippen LogP contribution in [0.25, 0.3) is 0 Å². The molecule has 0 saturated carbocycles. The predicted molar refractivity (Wildman–Crippen MR) is 84.0 cm³/mol. The molecule has 4 nitrogen and oxygen atoms in total. The van der Waals surface area contributed by atoms with Crippen molar-refractivity contribution < 1.29 is 12.8 Å². The zero-order chi connectivity index (χ0) is 15.8. The molecule has 0 amide bonds. The first-order valence-electron chi connectivity index (χ1n) is 6.81. The maximum atomic E-state index is 13.6. The van der Waals surface area contributed by atoms with Gasteiger partial charge in [-0.05, 0) is 36.5 Å². The van der Waals surface area contributed by atoms with Crippen molar-refractivity contribution in [2.45, 2.75) is 25.2 Å². The van der Waals surface area contributed by atoms with Gasteiger partial charge in [0.05, 0.1) is 4.90 Å². The minimum atomic E-state index is -3.65. The van der Waals surface area contributed by atoms with Crippen LogP contribution < -0.4 is 5.73 Å². The van der Waals surface area contributed by atoms with Crippen LogP contribution in [-0.2, 0) is 10.0 Å². The van der Waals surface area contributed by atoms with Gasteiger partial charge >= 0.3 is 0 Å². The molecular weight excluding hydrogens is 311 g/mol. The van der Waals surface area contributed by atoms with Crippen LogP contribution in [0.3, 0.4) is 0 Å². The van der Waals surface area contributed by atoms with Gasteiger partial charge in [0.2, 0.25) is 10.0 Å². The number of thiocarbonyl (C=S) groups is 1. The number of nitrogens with zero attached hydrogens (tertiary/aromatic N) is 1. The van der Waals surface area contributed by atoms with E-state index in [9.17, 15) is 12.8 Å². The standard InChI is InChI=1S/C14H19FN2O2S2/c1-9-5-10(2)8-17(7-9)21(18,19)11-3-4-13(15)12(6-11)14(16)20/h3-4,6,9-10H,5,7-8H2,1-2H3,(H2,16,20). The van der Waals surface area contributed by atoms with Crippen molar-refractivity contribution in [2.75, 3.05) is 13.1 Å². The van der Waals surface area contributed by atoms with Crippen molar-refractivity contribution in [1.82, 2.24) is 4.31 Å². The van der Waals surface area contributed by atoms with Gasteiger partial charge in [-0.2, -0.15) is 4.31 Å². The molecule has 1 saturated heterocycles. The Bertz CT molecular complexity index is 651. The van der Waals surface area contributed by atoms with E-state index in [1.807, 2.05) is 13.8 Å². The maximum Gasteiger partial charge on any atom is 0.243 e. The van der Waals surface area contributed by atoms with E-state index in [0.717, 1.165) is 12.5 Å². The average molecular weight is 330 g/mol. The van der Waals surface area contributed by atoms with Gasteiger partial charge in [-0.25, -0.2) is 12.8 Å². The SMILES string of the molecule is CC1CC(C)CN(S(=O)(=O)c2ccc(F)c(C(N)=S)c2)C1. The van der Waals surface area contributed by atoms with Gasteiger partial charge in [-0.1, -0.05) is 26.1 Å². The highest BCUT2D eigenvalue weighted by Gasteiger charge is 2.32. The minimum Gasteiger partial charge on any atom is -0.389 e. The lowest BCUT2D eigenvalue weighted by atomic mass is 9.94. The molecule has 1 aromatic carbocycles. The van der Waals surface area contributed by atoms with Crippen molar-refractivity contribution in [3.8, 4) is 0 Å². The van der Waals surface area contributed by atoms with E-state index in [0.29, 0.717) is 24.9 Å². The van der Waals surface area contributed by atoms with Gasteiger partial charge < -0.3 is 5.73 Å². The fraction of sp³-hybridized carbons (Fsp3) is 0.500. The van der Waals surface area contributed by atoms with Crippen molar-refractivity contribution in [1.29, 1.82) is 0 Å². The van der Waals surface area contributed by atoms with Gasteiger partial charge in [-0.3, -0.25) is 0 Å². The summed E-state index contributed by atoms with van der Waals surface area (Å²) in [6.45, 7) is 5.02. The second kappa shape index (κ2) is 5.98. The number of piperidine rings is 1. The number of sulfonamides is 1. The van der Waals surface area contributed by atoms with E-state index in [1.54, 1.807) is 0 Å². The maximum absolute atomic E-state index is 13.6. The van der Waals surface area contributed by atoms with Crippen LogP contribution in [0.5, 0.6) is 0 Å². The highest BCUT2D eigenvalue weighted by atomic mass is 32.2. The van der Waals surface area contributed by atoms with Crippen molar-refractivity contribution in [3.05, 3.63) is 29.6 Å². The molecule has 1 aliphatic rings. The Labute approximate surface area is 130 Å². The first-order chi connectivity index (χ1) is 9.71. The van der Waals surface area contributed by atoms with Crippen LogP contribution in [0.1, 0.15) is 25.8 Å². The quantitative estimate of drug-likeness (QED) is 0.863. The molecule has 2 N–H and O–H groups in total. The molecular formula is C14H19FN2O2S2. The summed E-state index contributed by atoms with van der Waals surface area (Å²) in [6.07, 6.45) is 1.01. The molecule has 7 heteroatoms. The van der Waals surface area contributed by atoms with E-state index in [2.05, 4.69) is 0 Å². The normalized spacial score (nSPS) is 24.0. The zero-order valence-corrected chi connectivity index (χ0v) is 13.7. The van der Waals surface area contributed by atoms with Gasteiger partial charge in [-0.15, -0.1) is 0 Å². The van der Waals surface area contributed by atoms with Crippen LogP contribution in [0, 0.1) is 17.7 Å². The molecule has 1 fully saturated rings. The number of hydrogen-bond acceptors (Lipinski definition) is 3. The van der Waals surface area contributed by atoms with Crippen molar-refractivity contribution in [3.63, 3.8) is 0 Å². The smallest absolute Gasteiger partial charge is 0.243 e. The van der Waals surface area contributed by atoms with Crippen LogP contribution >= 0.6 is 12.2 Å². The number of rotatable bonds is 3. The van der Waals surface area contributed by atoms with Crippen molar-refractivity contribution >= 4 is 27.2 Å². The number of benzene rings is 1. The summed E-state index contributed by atoms with van der Waals surface area (Å²) in [5.41, 5.74) is 5.39. The van der Waals surface area contributed by atoms with Gasteiger partial charge in [0.25, 0.3) is 0 Å². The fourth-order valence-corrected chi connectivity index (χ4v) is 4.67. The van der Waals surface area contributed by atoms with E-state index < -0.39 is 15.8 Å². The monoisotopic (exact) mass is 330 g/mol. The molecule has 1 heterocycles.